The highest BCUT2D eigenvalue weighted by atomic mass is 127. The topological polar surface area (TPSA) is 58.1 Å². The SMILES string of the molecule is CCNC(=NCCCOCC1CCOC1)NCCN1c2ccccc2CC1C.I. The van der Waals surface area contributed by atoms with Crippen LogP contribution >= 0.6 is 24.0 Å². The van der Waals surface area contributed by atoms with E-state index in [0.717, 1.165) is 77.8 Å². The van der Waals surface area contributed by atoms with Crippen LogP contribution in [0.1, 0.15) is 32.3 Å². The van der Waals surface area contributed by atoms with Gasteiger partial charge >= 0.3 is 0 Å². The van der Waals surface area contributed by atoms with Crippen molar-refractivity contribution < 1.29 is 9.47 Å². The second kappa shape index (κ2) is 13.3. The van der Waals surface area contributed by atoms with Crippen LogP contribution in [0.2, 0.25) is 0 Å². The summed E-state index contributed by atoms with van der Waals surface area (Å²) < 4.78 is 11.1. The Morgan fingerprint density at radius 1 is 1.31 bits per heavy atom. The largest absolute Gasteiger partial charge is 0.381 e. The highest BCUT2D eigenvalue weighted by Crippen LogP contribution is 2.31. The van der Waals surface area contributed by atoms with E-state index in [1.165, 1.54) is 11.3 Å². The summed E-state index contributed by atoms with van der Waals surface area (Å²) in [6, 6.07) is 9.29. The highest BCUT2D eigenvalue weighted by molar-refractivity contribution is 14.0. The molecule has 7 heteroatoms. The minimum Gasteiger partial charge on any atom is -0.381 e. The fraction of sp³-hybridized carbons (Fsp3) is 0.682. The molecule has 29 heavy (non-hydrogen) atoms. The number of rotatable bonds is 10. The van der Waals surface area contributed by atoms with Gasteiger partial charge in [0.25, 0.3) is 0 Å². The van der Waals surface area contributed by atoms with Gasteiger partial charge in [0, 0.05) is 57.0 Å². The Balaban J connectivity index is 0.00000300. The number of benzene rings is 1. The summed E-state index contributed by atoms with van der Waals surface area (Å²) in [5.74, 6) is 1.48. The number of anilines is 1. The van der Waals surface area contributed by atoms with Crippen LogP contribution in [-0.2, 0) is 15.9 Å². The summed E-state index contributed by atoms with van der Waals surface area (Å²) in [6.45, 7) is 11.2. The van der Waals surface area contributed by atoms with Crippen molar-refractivity contribution in [2.75, 3.05) is 57.5 Å². The Labute approximate surface area is 192 Å². The summed E-state index contributed by atoms with van der Waals surface area (Å²) >= 11 is 0. The Morgan fingerprint density at radius 3 is 2.97 bits per heavy atom. The summed E-state index contributed by atoms with van der Waals surface area (Å²) in [5.41, 5.74) is 2.84. The van der Waals surface area contributed by atoms with Gasteiger partial charge in [-0.3, -0.25) is 4.99 Å². The van der Waals surface area contributed by atoms with Crippen LogP contribution < -0.4 is 15.5 Å². The van der Waals surface area contributed by atoms with Crippen LogP contribution in [0.25, 0.3) is 0 Å². The van der Waals surface area contributed by atoms with E-state index in [0.29, 0.717) is 12.0 Å². The maximum absolute atomic E-state index is 5.76. The van der Waals surface area contributed by atoms with E-state index in [-0.39, 0.29) is 24.0 Å². The average molecular weight is 516 g/mol. The molecule has 2 heterocycles. The summed E-state index contributed by atoms with van der Waals surface area (Å²) in [4.78, 5) is 7.17. The predicted octanol–water partition coefficient (Wildman–Crippen LogP) is 3.05. The third-order valence-corrected chi connectivity index (χ3v) is 5.43. The van der Waals surface area contributed by atoms with Crippen molar-refractivity contribution in [1.29, 1.82) is 0 Å². The van der Waals surface area contributed by atoms with Gasteiger partial charge < -0.3 is 25.0 Å². The van der Waals surface area contributed by atoms with Crippen molar-refractivity contribution in [3.05, 3.63) is 29.8 Å². The van der Waals surface area contributed by atoms with Gasteiger partial charge in [0.2, 0.25) is 0 Å². The van der Waals surface area contributed by atoms with E-state index in [2.05, 4.69) is 58.6 Å². The number of aliphatic imine (C=N–C) groups is 1. The second-order valence-electron chi connectivity index (χ2n) is 7.72. The highest BCUT2D eigenvalue weighted by Gasteiger charge is 2.24. The van der Waals surface area contributed by atoms with Gasteiger partial charge in [-0.05, 0) is 44.7 Å². The van der Waals surface area contributed by atoms with Crippen molar-refractivity contribution in [2.45, 2.75) is 39.2 Å². The Morgan fingerprint density at radius 2 is 2.17 bits per heavy atom. The predicted molar refractivity (Wildman–Crippen MR) is 131 cm³/mol. The maximum Gasteiger partial charge on any atom is 0.191 e. The van der Waals surface area contributed by atoms with Gasteiger partial charge in [-0.25, -0.2) is 0 Å². The van der Waals surface area contributed by atoms with Gasteiger partial charge in [0.15, 0.2) is 5.96 Å². The van der Waals surface area contributed by atoms with Crippen molar-refractivity contribution in [3.63, 3.8) is 0 Å². The average Bonchev–Trinajstić information content (AvgIpc) is 3.32. The van der Waals surface area contributed by atoms with Gasteiger partial charge in [-0.15, -0.1) is 24.0 Å². The fourth-order valence-corrected chi connectivity index (χ4v) is 3.93. The number of para-hydroxylation sites is 1. The van der Waals surface area contributed by atoms with Crippen molar-refractivity contribution in [2.24, 2.45) is 10.9 Å². The number of nitrogens with zero attached hydrogens (tertiary/aromatic N) is 2. The molecular weight excluding hydrogens is 479 g/mol. The van der Waals surface area contributed by atoms with Crippen molar-refractivity contribution in [1.82, 2.24) is 10.6 Å². The number of nitrogens with one attached hydrogen (secondary N) is 2. The maximum atomic E-state index is 5.76. The molecule has 0 saturated carbocycles. The molecule has 1 aromatic carbocycles. The van der Waals surface area contributed by atoms with E-state index in [1.807, 2.05) is 0 Å². The summed E-state index contributed by atoms with van der Waals surface area (Å²) in [5, 5.41) is 6.81. The minimum absolute atomic E-state index is 0. The first-order valence-electron chi connectivity index (χ1n) is 10.8. The number of fused-ring (bicyclic) bond motifs is 1. The van der Waals surface area contributed by atoms with Crippen LogP contribution in [0.5, 0.6) is 0 Å². The first-order valence-corrected chi connectivity index (χ1v) is 10.8. The number of hydrogen-bond donors (Lipinski definition) is 2. The smallest absolute Gasteiger partial charge is 0.191 e. The third-order valence-electron chi connectivity index (χ3n) is 5.43. The monoisotopic (exact) mass is 516 g/mol. The van der Waals surface area contributed by atoms with E-state index in [9.17, 15) is 0 Å². The molecule has 2 aliphatic heterocycles. The van der Waals surface area contributed by atoms with E-state index >= 15 is 0 Å². The molecule has 2 aliphatic rings. The summed E-state index contributed by atoms with van der Waals surface area (Å²) in [7, 11) is 0. The normalized spacial score (nSPS) is 21.0. The molecule has 1 fully saturated rings. The lowest BCUT2D eigenvalue weighted by Gasteiger charge is -2.25. The zero-order valence-corrected chi connectivity index (χ0v) is 20.2. The van der Waals surface area contributed by atoms with Crippen molar-refractivity contribution in [3.8, 4) is 0 Å². The second-order valence-corrected chi connectivity index (χ2v) is 7.72. The molecule has 0 aliphatic carbocycles. The third kappa shape index (κ3) is 7.61. The molecule has 0 spiro atoms. The number of ether oxygens (including phenoxy) is 2. The van der Waals surface area contributed by atoms with Gasteiger partial charge in [-0.1, -0.05) is 18.2 Å². The number of hydrogen-bond acceptors (Lipinski definition) is 4. The lowest BCUT2D eigenvalue weighted by Crippen LogP contribution is -2.43. The molecular formula is C22H37IN4O2. The Bertz CT molecular complexity index is 623. The van der Waals surface area contributed by atoms with Gasteiger partial charge in [-0.2, -0.15) is 0 Å². The molecule has 0 radical (unpaired) electrons. The van der Waals surface area contributed by atoms with E-state index in [1.54, 1.807) is 0 Å². The lowest BCUT2D eigenvalue weighted by atomic mass is 10.1. The number of guanidine groups is 1. The van der Waals surface area contributed by atoms with E-state index in [4.69, 9.17) is 9.47 Å². The van der Waals surface area contributed by atoms with Gasteiger partial charge in [0.1, 0.15) is 0 Å². The fourth-order valence-electron chi connectivity index (χ4n) is 3.93. The molecule has 0 amide bonds. The van der Waals surface area contributed by atoms with Crippen LogP contribution in [0.3, 0.4) is 0 Å². The van der Waals surface area contributed by atoms with Crippen LogP contribution in [0, 0.1) is 5.92 Å². The van der Waals surface area contributed by atoms with Crippen LogP contribution in [-0.4, -0.2) is 64.6 Å². The zero-order valence-electron chi connectivity index (χ0n) is 17.9. The Kier molecular flexibility index (Phi) is 11.1. The summed E-state index contributed by atoms with van der Waals surface area (Å²) in [6.07, 6.45) is 3.21. The van der Waals surface area contributed by atoms with E-state index < -0.39 is 0 Å². The van der Waals surface area contributed by atoms with Crippen LogP contribution in [0.4, 0.5) is 5.69 Å². The first-order chi connectivity index (χ1) is 13.8. The number of halogens is 1. The molecule has 1 saturated heterocycles. The van der Waals surface area contributed by atoms with Gasteiger partial charge in [0.05, 0.1) is 13.2 Å². The zero-order chi connectivity index (χ0) is 19.6. The molecule has 0 aromatic heterocycles. The molecule has 2 N–H and O–H groups in total. The standard InChI is InChI=1S/C22H36N4O2.HI/c1-3-23-22(24-10-6-13-27-16-19-9-14-28-17-19)25-11-12-26-18(2)15-20-7-4-5-8-21(20)26;/h4-5,7-8,18-19H,3,6,9-17H2,1-2H3,(H2,23,24,25);1H. The molecule has 3 rings (SSSR count). The molecule has 6 nitrogen and oxygen atoms in total. The molecule has 164 valence electrons. The van der Waals surface area contributed by atoms with Crippen LogP contribution in [0.15, 0.2) is 29.3 Å². The van der Waals surface area contributed by atoms with Crippen molar-refractivity contribution >= 4 is 35.6 Å². The lowest BCUT2D eigenvalue weighted by molar-refractivity contribution is 0.0893. The Hall–Kier alpha value is -1.06. The molecule has 1 aromatic rings. The molecule has 2 atom stereocenters. The minimum atomic E-state index is 0. The molecule has 0 bridgehead atoms. The molecule has 2 unspecified atom stereocenters. The first kappa shape index (κ1) is 24.2. The quantitative estimate of drug-likeness (QED) is 0.217.